The summed E-state index contributed by atoms with van der Waals surface area (Å²) >= 11 is 0. The second kappa shape index (κ2) is 5.53. The molecule has 82 valence electrons. The zero-order chi connectivity index (χ0) is 11.3. The maximum atomic E-state index is 8.67. The van der Waals surface area contributed by atoms with Gasteiger partial charge in [-0.05, 0) is 30.2 Å². The molecule has 1 N–H and O–H groups in total. The van der Waals surface area contributed by atoms with Crippen LogP contribution in [0.5, 0.6) is 5.75 Å². The van der Waals surface area contributed by atoms with E-state index < -0.39 is 0 Å². The topological polar surface area (TPSA) is 38.7 Å². The summed E-state index contributed by atoms with van der Waals surface area (Å²) in [6, 6.07) is 7.63. The van der Waals surface area contributed by atoms with Gasteiger partial charge in [-0.3, -0.25) is 5.26 Å². The maximum Gasteiger partial charge on any atom is 0.118 e. The minimum Gasteiger partial charge on any atom is -0.497 e. The lowest BCUT2D eigenvalue weighted by Crippen LogP contribution is -2.15. The Morgan fingerprint density at radius 3 is 2.40 bits per heavy atom. The number of benzene rings is 1. The van der Waals surface area contributed by atoms with Crippen LogP contribution in [-0.2, 0) is 11.3 Å². The van der Waals surface area contributed by atoms with Crippen molar-refractivity contribution >= 4 is 0 Å². The highest BCUT2D eigenvalue weighted by atomic mass is 17.1. The van der Waals surface area contributed by atoms with Crippen LogP contribution in [0, 0.1) is 0 Å². The highest BCUT2D eigenvalue weighted by Gasteiger charge is 2.10. The summed E-state index contributed by atoms with van der Waals surface area (Å²) < 4.78 is 5.05. The van der Waals surface area contributed by atoms with Crippen molar-refractivity contribution in [3.05, 3.63) is 42.0 Å². The molecule has 0 aliphatic carbocycles. The summed E-state index contributed by atoms with van der Waals surface area (Å²) in [4.78, 5) is 4.34. The Labute approximate surface area is 89.9 Å². The van der Waals surface area contributed by atoms with E-state index in [1.165, 1.54) is 0 Å². The maximum absolute atomic E-state index is 8.67. The van der Waals surface area contributed by atoms with Gasteiger partial charge in [0.15, 0.2) is 0 Å². The Kier molecular flexibility index (Phi) is 4.34. The quantitative estimate of drug-likeness (QED) is 0.459. The van der Waals surface area contributed by atoms with Crippen LogP contribution in [0.15, 0.2) is 36.4 Å². The molecule has 0 aromatic heterocycles. The van der Waals surface area contributed by atoms with Crippen molar-refractivity contribution in [3.8, 4) is 5.75 Å². The number of hydrogen-bond acceptors (Lipinski definition) is 3. The van der Waals surface area contributed by atoms with E-state index in [0.29, 0.717) is 6.42 Å². The third kappa shape index (κ3) is 3.38. The van der Waals surface area contributed by atoms with Crippen molar-refractivity contribution in [1.82, 2.24) is 0 Å². The molecule has 1 atom stereocenters. The van der Waals surface area contributed by atoms with E-state index in [4.69, 9.17) is 9.99 Å². The summed E-state index contributed by atoms with van der Waals surface area (Å²) in [6.07, 6.45) is 0.258. The van der Waals surface area contributed by atoms with Gasteiger partial charge >= 0.3 is 0 Å². The summed E-state index contributed by atoms with van der Waals surface area (Å²) in [6.45, 7) is 5.57. The molecule has 1 unspecified atom stereocenters. The highest BCUT2D eigenvalue weighted by Crippen LogP contribution is 2.15. The molecule has 3 heteroatoms. The summed E-state index contributed by atoms with van der Waals surface area (Å²) in [7, 11) is 1.63. The molecule has 0 aliphatic rings. The normalized spacial score (nSPS) is 12.2. The molecule has 0 radical (unpaired) electrons. The Morgan fingerprint density at radius 2 is 2.00 bits per heavy atom. The monoisotopic (exact) mass is 208 g/mol. The summed E-state index contributed by atoms with van der Waals surface area (Å²) in [5.74, 6) is 0.815. The molecule has 1 aromatic carbocycles. The molecule has 0 saturated carbocycles. The molecule has 1 rings (SSSR count). The van der Waals surface area contributed by atoms with E-state index in [0.717, 1.165) is 16.9 Å². The van der Waals surface area contributed by atoms with Gasteiger partial charge in [0.25, 0.3) is 0 Å². The second-order valence-electron chi connectivity index (χ2n) is 3.49. The van der Waals surface area contributed by atoms with Crippen LogP contribution in [0.1, 0.15) is 12.5 Å². The van der Waals surface area contributed by atoms with Crippen molar-refractivity contribution in [2.75, 3.05) is 7.11 Å². The Hall–Kier alpha value is -1.32. The SMILES string of the molecule is C=C(C)C(Cc1ccc(OC)cc1)OO. The van der Waals surface area contributed by atoms with E-state index in [9.17, 15) is 0 Å². The van der Waals surface area contributed by atoms with E-state index in [-0.39, 0.29) is 6.10 Å². The highest BCUT2D eigenvalue weighted by molar-refractivity contribution is 5.28. The van der Waals surface area contributed by atoms with Gasteiger partial charge < -0.3 is 4.74 Å². The Morgan fingerprint density at radius 1 is 1.40 bits per heavy atom. The first-order valence-corrected chi connectivity index (χ1v) is 4.76. The summed E-state index contributed by atoms with van der Waals surface area (Å²) in [5, 5.41) is 8.67. The van der Waals surface area contributed by atoms with Gasteiger partial charge in [0.1, 0.15) is 11.9 Å². The lowest BCUT2D eigenvalue weighted by Gasteiger charge is -2.13. The molecule has 0 amide bonds. The van der Waals surface area contributed by atoms with Crippen molar-refractivity contribution in [2.24, 2.45) is 0 Å². The fourth-order valence-corrected chi connectivity index (χ4v) is 1.28. The zero-order valence-corrected chi connectivity index (χ0v) is 9.06. The van der Waals surface area contributed by atoms with E-state index in [1.54, 1.807) is 7.11 Å². The van der Waals surface area contributed by atoms with Crippen LogP contribution in [-0.4, -0.2) is 18.5 Å². The lowest BCUT2D eigenvalue weighted by molar-refractivity contribution is -0.267. The first-order chi connectivity index (χ1) is 7.17. The van der Waals surface area contributed by atoms with Gasteiger partial charge in [0, 0.05) is 6.42 Å². The van der Waals surface area contributed by atoms with Gasteiger partial charge in [-0.2, -0.15) is 0 Å². The van der Waals surface area contributed by atoms with Crippen molar-refractivity contribution in [3.63, 3.8) is 0 Å². The lowest BCUT2D eigenvalue weighted by atomic mass is 10.0. The minimum atomic E-state index is -0.349. The van der Waals surface area contributed by atoms with E-state index in [2.05, 4.69) is 11.5 Å². The largest absolute Gasteiger partial charge is 0.497 e. The van der Waals surface area contributed by atoms with Crippen LogP contribution >= 0.6 is 0 Å². The molecule has 1 aromatic rings. The van der Waals surface area contributed by atoms with E-state index in [1.807, 2.05) is 31.2 Å². The number of rotatable bonds is 5. The third-order valence-electron chi connectivity index (χ3n) is 2.26. The molecule has 0 fully saturated rings. The molecular weight excluding hydrogens is 192 g/mol. The molecule has 0 saturated heterocycles. The molecule has 0 aliphatic heterocycles. The van der Waals surface area contributed by atoms with Crippen LogP contribution < -0.4 is 4.74 Å². The Bertz CT molecular complexity index is 316. The van der Waals surface area contributed by atoms with Gasteiger partial charge in [-0.15, -0.1) is 0 Å². The first-order valence-electron chi connectivity index (χ1n) is 4.76. The van der Waals surface area contributed by atoms with Crippen LogP contribution in [0.25, 0.3) is 0 Å². The molecule has 0 bridgehead atoms. The smallest absolute Gasteiger partial charge is 0.118 e. The van der Waals surface area contributed by atoms with Gasteiger partial charge in [0.05, 0.1) is 7.11 Å². The predicted octanol–water partition coefficient (Wildman–Crippen LogP) is 2.67. The molecule has 3 nitrogen and oxygen atoms in total. The van der Waals surface area contributed by atoms with Crippen LogP contribution in [0.4, 0.5) is 0 Å². The van der Waals surface area contributed by atoms with Crippen molar-refractivity contribution < 1.29 is 14.9 Å². The molecule has 0 spiro atoms. The molecule has 0 heterocycles. The second-order valence-corrected chi connectivity index (χ2v) is 3.49. The zero-order valence-electron chi connectivity index (χ0n) is 9.06. The summed E-state index contributed by atoms with van der Waals surface area (Å²) in [5.41, 5.74) is 1.87. The predicted molar refractivity (Wildman–Crippen MR) is 59.0 cm³/mol. The standard InChI is InChI=1S/C12H16O3/c1-9(2)12(15-13)8-10-4-6-11(14-3)7-5-10/h4-7,12-13H,1,8H2,2-3H3. The van der Waals surface area contributed by atoms with Crippen molar-refractivity contribution in [2.45, 2.75) is 19.4 Å². The van der Waals surface area contributed by atoms with Crippen LogP contribution in [0.3, 0.4) is 0 Å². The van der Waals surface area contributed by atoms with E-state index >= 15 is 0 Å². The third-order valence-corrected chi connectivity index (χ3v) is 2.26. The number of ether oxygens (including phenoxy) is 1. The van der Waals surface area contributed by atoms with Gasteiger partial charge in [-0.1, -0.05) is 18.7 Å². The number of hydrogen-bond donors (Lipinski definition) is 1. The van der Waals surface area contributed by atoms with Gasteiger partial charge in [-0.25, -0.2) is 4.89 Å². The fraction of sp³-hybridized carbons (Fsp3) is 0.333. The Balaban J connectivity index is 2.67. The minimum absolute atomic E-state index is 0.349. The first kappa shape index (κ1) is 11.8. The van der Waals surface area contributed by atoms with Crippen LogP contribution in [0.2, 0.25) is 0 Å². The van der Waals surface area contributed by atoms with Gasteiger partial charge in [0.2, 0.25) is 0 Å². The fourth-order valence-electron chi connectivity index (χ4n) is 1.28. The van der Waals surface area contributed by atoms with Crippen molar-refractivity contribution in [1.29, 1.82) is 0 Å². The number of methoxy groups -OCH3 is 1. The molecule has 15 heavy (non-hydrogen) atoms. The average Bonchev–Trinajstić information content (AvgIpc) is 2.26. The average molecular weight is 208 g/mol. The molecular formula is C12H16O3.